The molecule has 2 atom stereocenters. The number of methoxy groups -OCH3 is 2. The van der Waals surface area contributed by atoms with Gasteiger partial charge in [-0.25, -0.2) is 13.5 Å². The van der Waals surface area contributed by atoms with Crippen molar-refractivity contribution in [1.82, 2.24) is 9.78 Å². The highest BCUT2D eigenvalue weighted by molar-refractivity contribution is 5.63. The third-order valence-corrected chi connectivity index (χ3v) is 6.31. The summed E-state index contributed by atoms with van der Waals surface area (Å²) in [6.45, 7) is 2.37. The molecule has 33 heavy (non-hydrogen) atoms. The number of hydrogen-bond donors (Lipinski definition) is 0. The van der Waals surface area contributed by atoms with Gasteiger partial charge < -0.3 is 19.1 Å². The maximum atomic E-state index is 14.1. The monoisotopic (exact) mass is 455 g/mol. The van der Waals surface area contributed by atoms with Gasteiger partial charge in [0, 0.05) is 12.1 Å². The summed E-state index contributed by atoms with van der Waals surface area (Å²) in [5, 5.41) is 4.24. The van der Waals surface area contributed by atoms with E-state index in [2.05, 4.69) is 10.00 Å². The van der Waals surface area contributed by atoms with Gasteiger partial charge in [-0.2, -0.15) is 5.10 Å². The molecule has 3 heterocycles. The van der Waals surface area contributed by atoms with E-state index in [0.29, 0.717) is 23.7 Å². The van der Waals surface area contributed by atoms with E-state index < -0.39 is 17.2 Å². The van der Waals surface area contributed by atoms with E-state index in [9.17, 15) is 13.6 Å². The first-order valence-electron chi connectivity index (χ1n) is 10.6. The standard InChI is InChI=1S/C24H23F2N3O4/c1-13-22-16-10-20(32-3)19(31-2)9-14(16)7-8-28(22)18-11-27-29(24(30)23(18)33-13)12-15-5-4-6-17(25)21(15)26/h4-6,9-11,13,22H,7-8,12H2,1-3H3/t13-,22+/m0/s1. The van der Waals surface area contributed by atoms with Crippen molar-refractivity contribution in [3.63, 3.8) is 0 Å². The zero-order valence-corrected chi connectivity index (χ0v) is 18.5. The SMILES string of the molecule is COc1cc2c(cc1OC)[C@H]1[C@H](C)Oc3c(cnn(Cc4cccc(F)c4F)c3=O)N1CC2. The Balaban J connectivity index is 1.54. The molecule has 2 aromatic carbocycles. The van der Waals surface area contributed by atoms with Crippen molar-refractivity contribution in [3.8, 4) is 17.2 Å². The lowest BCUT2D eigenvalue weighted by Crippen LogP contribution is -2.48. The summed E-state index contributed by atoms with van der Waals surface area (Å²) in [5.41, 5.74) is 2.32. The average Bonchev–Trinajstić information content (AvgIpc) is 2.82. The molecule has 3 aromatic rings. The summed E-state index contributed by atoms with van der Waals surface area (Å²) < 4.78 is 45.8. The minimum atomic E-state index is -0.990. The molecule has 5 rings (SSSR count). The minimum Gasteiger partial charge on any atom is -0.493 e. The number of nitrogens with zero attached hydrogens (tertiary/aromatic N) is 3. The van der Waals surface area contributed by atoms with Crippen LogP contribution in [0.25, 0.3) is 0 Å². The molecule has 0 saturated carbocycles. The highest BCUT2D eigenvalue weighted by Gasteiger charge is 2.40. The van der Waals surface area contributed by atoms with Crippen LogP contribution >= 0.6 is 0 Å². The van der Waals surface area contributed by atoms with Gasteiger partial charge in [-0.05, 0) is 42.7 Å². The Hall–Kier alpha value is -3.62. The van der Waals surface area contributed by atoms with Gasteiger partial charge in [0.05, 0.1) is 33.0 Å². The summed E-state index contributed by atoms with van der Waals surface area (Å²) in [6.07, 6.45) is 1.96. The number of rotatable bonds is 4. The van der Waals surface area contributed by atoms with E-state index in [1.165, 1.54) is 12.1 Å². The Morgan fingerprint density at radius 3 is 2.70 bits per heavy atom. The second-order valence-corrected chi connectivity index (χ2v) is 8.15. The first kappa shape index (κ1) is 21.2. The third kappa shape index (κ3) is 3.39. The number of halogens is 2. The zero-order chi connectivity index (χ0) is 23.3. The molecule has 0 fully saturated rings. The van der Waals surface area contributed by atoms with Crippen molar-refractivity contribution in [2.45, 2.75) is 32.0 Å². The van der Waals surface area contributed by atoms with Gasteiger partial charge in [-0.1, -0.05) is 12.1 Å². The Labute approximate surface area is 189 Å². The molecule has 0 bridgehead atoms. The molecule has 2 aliphatic heterocycles. The Bertz CT molecular complexity index is 1290. The summed E-state index contributed by atoms with van der Waals surface area (Å²) in [5.74, 6) is -0.500. The van der Waals surface area contributed by atoms with E-state index in [1.54, 1.807) is 20.4 Å². The number of benzene rings is 2. The molecule has 0 amide bonds. The molecule has 1 aromatic heterocycles. The maximum absolute atomic E-state index is 14.1. The summed E-state index contributed by atoms with van der Waals surface area (Å²) in [4.78, 5) is 15.3. The van der Waals surface area contributed by atoms with Crippen molar-refractivity contribution in [2.24, 2.45) is 0 Å². The van der Waals surface area contributed by atoms with E-state index in [-0.39, 0.29) is 30.0 Å². The average molecular weight is 455 g/mol. The van der Waals surface area contributed by atoms with Gasteiger partial charge in [0.15, 0.2) is 23.1 Å². The van der Waals surface area contributed by atoms with Crippen molar-refractivity contribution in [1.29, 1.82) is 0 Å². The number of ether oxygens (including phenoxy) is 3. The fourth-order valence-corrected chi connectivity index (χ4v) is 4.73. The molecule has 0 aliphatic carbocycles. The van der Waals surface area contributed by atoms with Gasteiger partial charge in [0.25, 0.3) is 0 Å². The lowest BCUT2D eigenvalue weighted by atomic mass is 9.88. The smallest absolute Gasteiger partial charge is 0.311 e. The van der Waals surface area contributed by atoms with E-state index in [4.69, 9.17) is 14.2 Å². The second-order valence-electron chi connectivity index (χ2n) is 8.15. The van der Waals surface area contributed by atoms with Crippen molar-refractivity contribution < 1.29 is 23.0 Å². The molecular formula is C24H23F2N3O4. The fraction of sp³-hybridized carbons (Fsp3) is 0.333. The van der Waals surface area contributed by atoms with Crippen LogP contribution in [0.4, 0.5) is 14.5 Å². The molecule has 0 unspecified atom stereocenters. The van der Waals surface area contributed by atoms with E-state index in [0.717, 1.165) is 28.3 Å². The Morgan fingerprint density at radius 2 is 1.94 bits per heavy atom. The topological polar surface area (TPSA) is 65.8 Å². The predicted octanol–water partition coefficient (Wildman–Crippen LogP) is 3.47. The summed E-state index contributed by atoms with van der Waals surface area (Å²) >= 11 is 0. The van der Waals surface area contributed by atoms with Crippen molar-refractivity contribution in [3.05, 3.63) is 75.2 Å². The molecule has 172 valence electrons. The van der Waals surface area contributed by atoms with Gasteiger partial charge in [0.1, 0.15) is 11.8 Å². The van der Waals surface area contributed by atoms with Crippen LogP contribution in [0.2, 0.25) is 0 Å². The lowest BCUT2D eigenvalue weighted by molar-refractivity contribution is 0.160. The van der Waals surface area contributed by atoms with Gasteiger partial charge >= 0.3 is 5.56 Å². The third-order valence-electron chi connectivity index (χ3n) is 6.31. The van der Waals surface area contributed by atoms with Crippen LogP contribution in [0.1, 0.15) is 29.7 Å². The van der Waals surface area contributed by atoms with Crippen LogP contribution in [0.15, 0.2) is 41.3 Å². The normalized spacial score (nSPS) is 18.6. The minimum absolute atomic E-state index is 0.0410. The number of hydrogen-bond acceptors (Lipinski definition) is 6. The van der Waals surface area contributed by atoms with Crippen LogP contribution in [-0.2, 0) is 13.0 Å². The molecular weight excluding hydrogens is 432 g/mol. The van der Waals surface area contributed by atoms with E-state index >= 15 is 0 Å². The molecule has 9 heteroatoms. The second kappa shape index (κ2) is 8.06. The van der Waals surface area contributed by atoms with Crippen molar-refractivity contribution in [2.75, 3.05) is 25.7 Å². The zero-order valence-electron chi connectivity index (χ0n) is 18.5. The van der Waals surface area contributed by atoms with E-state index in [1.807, 2.05) is 19.1 Å². The highest BCUT2D eigenvalue weighted by Crippen LogP contribution is 2.46. The predicted molar refractivity (Wildman–Crippen MR) is 117 cm³/mol. The molecule has 0 N–H and O–H groups in total. The van der Waals surface area contributed by atoms with Crippen molar-refractivity contribution >= 4 is 5.69 Å². The first-order valence-corrected chi connectivity index (χ1v) is 10.6. The number of fused-ring (bicyclic) bond motifs is 5. The molecule has 0 spiro atoms. The van der Waals surface area contributed by atoms with Crippen LogP contribution in [-0.4, -0.2) is 36.6 Å². The van der Waals surface area contributed by atoms with Crippen LogP contribution < -0.4 is 24.7 Å². The molecule has 7 nitrogen and oxygen atoms in total. The van der Waals surface area contributed by atoms with Gasteiger partial charge in [-0.15, -0.1) is 0 Å². The Morgan fingerprint density at radius 1 is 1.18 bits per heavy atom. The maximum Gasteiger partial charge on any atom is 0.311 e. The van der Waals surface area contributed by atoms with Crippen LogP contribution in [0.3, 0.4) is 0 Å². The number of aromatic nitrogens is 2. The molecule has 0 saturated heterocycles. The molecule has 0 radical (unpaired) electrons. The summed E-state index contributed by atoms with van der Waals surface area (Å²) in [6, 6.07) is 7.66. The quantitative estimate of drug-likeness (QED) is 0.600. The summed E-state index contributed by atoms with van der Waals surface area (Å²) in [7, 11) is 3.20. The van der Waals surface area contributed by atoms with Crippen LogP contribution in [0, 0.1) is 11.6 Å². The van der Waals surface area contributed by atoms with Gasteiger partial charge in [0.2, 0.25) is 5.75 Å². The Kier molecular flexibility index (Phi) is 5.19. The number of anilines is 1. The van der Waals surface area contributed by atoms with Crippen LogP contribution in [0.5, 0.6) is 17.2 Å². The fourth-order valence-electron chi connectivity index (χ4n) is 4.73. The largest absolute Gasteiger partial charge is 0.493 e. The molecule has 2 aliphatic rings. The lowest BCUT2D eigenvalue weighted by Gasteiger charge is -2.45. The van der Waals surface area contributed by atoms with Gasteiger partial charge in [-0.3, -0.25) is 4.79 Å². The highest BCUT2D eigenvalue weighted by atomic mass is 19.2. The first-order chi connectivity index (χ1) is 15.9.